The molecule has 0 N–H and O–H groups in total. The van der Waals surface area contributed by atoms with Gasteiger partial charge in [-0.05, 0) is 29.8 Å². The van der Waals surface area contributed by atoms with Gasteiger partial charge in [0.25, 0.3) is 0 Å². The van der Waals surface area contributed by atoms with Crippen LogP contribution in [0.4, 0.5) is 0 Å². The molecule has 0 radical (unpaired) electrons. The molecule has 0 bridgehead atoms. The zero-order valence-electron chi connectivity index (χ0n) is 14.5. The molecule has 1 heterocycles. The van der Waals surface area contributed by atoms with Crippen molar-refractivity contribution in [3.8, 4) is 11.5 Å². The third kappa shape index (κ3) is 3.81. The topological polar surface area (TPSA) is 65.1 Å². The highest BCUT2D eigenvalue weighted by molar-refractivity contribution is 7.89. The quantitative estimate of drug-likeness (QED) is 0.775. The molecular weight excluding hydrogens is 378 g/mol. The lowest BCUT2D eigenvalue weighted by Crippen LogP contribution is -2.42. The number of methoxy groups -OCH3 is 2. The standard InChI is InChI=1S/C18H20ClNO5S/c1-23-15-7-8-18(16(11-15)24-2)26(21,22)20-9-10-25-17(12-20)13-3-5-14(19)6-4-13/h3-8,11,17H,9-10,12H2,1-2H3. The number of nitrogens with zero attached hydrogens (tertiary/aromatic N) is 1. The number of halogens is 1. The van der Waals surface area contributed by atoms with E-state index in [1.165, 1.54) is 24.6 Å². The summed E-state index contributed by atoms with van der Waals surface area (Å²) in [4.78, 5) is 0.109. The van der Waals surface area contributed by atoms with Crippen molar-refractivity contribution in [2.75, 3.05) is 33.9 Å². The van der Waals surface area contributed by atoms with Crippen molar-refractivity contribution in [2.24, 2.45) is 0 Å². The van der Waals surface area contributed by atoms with Crippen molar-refractivity contribution < 1.29 is 22.6 Å². The van der Waals surface area contributed by atoms with Crippen LogP contribution in [-0.4, -0.2) is 46.6 Å². The first-order chi connectivity index (χ1) is 12.5. The molecule has 1 fully saturated rings. The number of ether oxygens (including phenoxy) is 3. The molecule has 2 aromatic rings. The van der Waals surface area contributed by atoms with Crippen LogP contribution in [0.25, 0.3) is 0 Å². The molecule has 6 nitrogen and oxygen atoms in total. The Kier molecular flexibility index (Phi) is 5.72. The van der Waals surface area contributed by atoms with E-state index in [4.69, 9.17) is 25.8 Å². The second-order valence-corrected chi connectivity index (χ2v) is 8.13. The van der Waals surface area contributed by atoms with Gasteiger partial charge >= 0.3 is 0 Å². The molecule has 3 rings (SSSR count). The van der Waals surface area contributed by atoms with Crippen molar-refractivity contribution in [2.45, 2.75) is 11.0 Å². The van der Waals surface area contributed by atoms with E-state index in [1.54, 1.807) is 24.3 Å². The maximum Gasteiger partial charge on any atom is 0.246 e. The van der Waals surface area contributed by atoms with Gasteiger partial charge in [-0.1, -0.05) is 23.7 Å². The summed E-state index contributed by atoms with van der Waals surface area (Å²) >= 11 is 5.92. The lowest BCUT2D eigenvalue weighted by atomic mass is 10.1. The van der Waals surface area contributed by atoms with Gasteiger partial charge in [0.15, 0.2) is 0 Å². The highest BCUT2D eigenvalue weighted by Gasteiger charge is 2.33. The number of morpholine rings is 1. The summed E-state index contributed by atoms with van der Waals surface area (Å²) in [6, 6.07) is 11.9. The zero-order chi connectivity index (χ0) is 18.7. The third-order valence-electron chi connectivity index (χ3n) is 4.26. The minimum atomic E-state index is -3.73. The smallest absolute Gasteiger partial charge is 0.246 e. The Morgan fingerprint density at radius 1 is 1.12 bits per heavy atom. The SMILES string of the molecule is COc1ccc(S(=O)(=O)N2CCOC(c3ccc(Cl)cc3)C2)c(OC)c1. The van der Waals surface area contributed by atoms with Crippen LogP contribution in [0.2, 0.25) is 5.02 Å². The molecule has 0 aromatic heterocycles. The van der Waals surface area contributed by atoms with Gasteiger partial charge < -0.3 is 14.2 Å². The van der Waals surface area contributed by atoms with Crippen LogP contribution in [-0.2, 0) is 14.8 Å². The Morgan fingerprint density at radius 2 is 1.85 bits per heavy atom. The van der Waals surface area contributed by atoms with Crippen molar-refractivity contribution in [3.05, 3.63) is 53.1 Å². The van der Waals surface area contributed by atoms with E-state index in [2.05, 4.69) is 0 Å². The molecular formula is C18H20ClNO5S. The van der Waals surface area contributed by atoms with E-state index in [9.17, 15) is 8.42 Å². The summed E-state index contributed by atoms with van der Waals surface area (Å²) in [5.41, 5.74) is 0.885. The fraction of sp³-hybridized carbons (Fsp3) is 0.333. The summed E-state index contributed by atoms with van der Waals surface area (Å²) in [5.74, 6) is 0.778. The summed E-state index contributed by atoms with van der Waals surface area (Å²) in [5, 5.41) is 0.622. The first-order valence-electron chi connectivity index (χ1n) is 8.05. The van der Waals surface area contributed by atoms with Gasteiger partial charge in [0.2, 0.25) is 10.0 Å². The van der Waals surface area contributed by atoms with Crippen molar-refractivity contribution in [1.29, 1.82) is 0 Å². The molecule has 140 valence electrons. The Bertz CT molecular complexity index is 870. The number of benzene rings is 2. The van der Waals surface area contributed by atoms with Crippen molar-refractivity contribution in [3.63, 3.8) is 0 Å². The second-order valence-electron chi connectivity index (χ2n) is 5.79. The summed E-state index contributed by atoms with van der Waals surface area (Å²) in [6.07, 6.45) is -0.347. The van der Waals surface area contributed by atoms with Gasteiger partial charge in [0, 0.05) is 24.2 Å². The molecule has 1 aliphatic rings. The summed E-state index contributed by atoms with van der Waals surface area (Å²) in [7, 11) is -0.782. The Hall–Kier alpha value is -1.80. The fourth-order valence-electron chi connectivity index (χ4n) is 2.85. The van der Waals surface area contributed by atoms with Crippen LogP contribution in [0.1, 0.15) is 11.7 Å². The monoisotopic (exact) mass is 397 g/mol. The molecule has 2 aromatic carbocycles. The molecule has 0 saturated carbocycles. The summed E-state index contributed by atoms with van der Waals surface area (Å²) < 4.78 is 43.8. The molecule has 8 heteroatoms. The van der Waals surface area contributed by atoms with Crippen LogP contribution in [0.5, 0.6) is 11.5 Å². The van der Waals surface area contributed by atoms with Crippen LogP contribution in [0.15, 0.2) is 47.4 Å². The molecule has 0 spiro atoms. The van der Waals surface area contributed by atoms with Crippen LogP contribution in [0, 0.1) is 0 Å². The normalized spacial score (nSPS) is 18.5. The van der Waals surface area contributed by atoms with Crippen LogP contribution in [0.3, 0.4) is 0 Å². The zero-order valence-corrected chi connectivity index (χ0v) is 16.1. The molecule has 1 saturated heterocycles. The Balaban J connectivity index is 1.88. The van der Waals surface area contributed by atoms with Crippen molar-refractivity contribution >= 4 is 21.6 Å². The first-order valence-corrected chi connectivity index (χ1v) is 9.86. The molecule has 0 amide bonds. The van der Waals surface area contributed by atoms with E-state index < -0.39 is 10.0 Å². The maximum absolute atomic E-state index is 13.1. The molecule has 26 heavy (non-hydrogen) atoms. The molecule has 1 unspecified atom stereocenters. The van der Waals surface area contributed by atoms with Gasteiger partial charge in [0.05, 0.1) is 26.9 Å². The highest BCUT2D eigenvalue weighted by Crippen LogP contribution is 2.33. The largest absolute Gasteiger partial charge is 0.497 e. The van der Waals surface area contributed by atoms with Gasteiger partial charge in [0.1, 0.15) is 16.4 Å². The van der Waals surface area contributed by atoms with Gasteiger partial charge in [-0.15, -0.1) is 0 Å². The second kappa shape index (κ2) is 7.84. The minimum Gasteiger partial charge on any atom is -0.497 e. The van der Waals surface area contributed by atoms with Crippen LogP contribution >= 0.6 is 11.6 Å². The van der Waals surface area contributed by atoms with Crippen LogP contribution < -0.4 is 9.47 Å². The fourth-order valence-corrected chi connectivity index (χ4v) is 4.54. The van der Waals surface area contributed by atoms with E-state index >= 15 is 0 Å². The first kappa shape index (κ1) is 19.0. The average molecular weight is 398 g/mol. The van der Waals surface area contributed by atoms with E-state index in [0.717, 1.165) is 5.56 Å². The molecule has 1 atom stereocenters. The molecule has 1 aliphatic heterocycles. The lowest BCUT2D eigenvalue weighted by Gasteiger charge is -2.32. The van der Waals surface area contributed by atoms with Gasteiger partial charge in [-0.3, -0.25) is 0 Å². The van der Waals surface area contributed by atoms with Gasteiger partial charge in [-0.25, -0.2) is 8.42 Å². The number of hydrogen-bond donors (Lipinski definition) is 0. The minimum absolute atomic E-state index is 0.109. The van der Waals surface area contributed by atoms with Gasteiger partial charge in [-0.2, -0.15) is 4.31 Å². The molecule has 0 aliphatic carbocycles. The highest BCUT2D eigenvalue weighted by atomic mass is 35.5. The number of hydrogen-bond acceptors (Lipinski definition) is 5. The lowest BCUT2D eigenvalue weighted by molar-refractivity contribution is -0.00258. The number of sulfonamides is 1. The van der Waals surface area contributed by atoms with Crippen molar-refractivity contribution in [1.82, 2.24) is 4.31 Å². The predicted molar refractivity (Wildman–Crippen MR) is 98.4 cm³/mol. The average Bonchev–Trinajstić information content (AvgIpc) is 2.68. The predicted octanol–water partition coefficient (Wildman–Crippen LogP) is 3.12. The maximum atomic E-state index is 13.1. The third-order valence-corrected chi connectivity index (χ3v) is 6.42. The van der Waals surface area contributed by atoms with E-state index in [1.807, 2.05) is 12.1 Å². The Morgan fingerprint density at radius 3 is 2.50 bits per heavy atom. The Labute approximate surface area is 158 Å². The summed E-state index contributed by atoms with van der Waals surface area (Å²) in [6.45, 7) is 0.811. The van der Waals surface area contributed by atoms with E-state index in [-0.39, 0.29) is 29.8 Å². The number of rotatable bonds is 5. The van der Waals surface area contributed by atoms with E-state index in [0.29, 0.717) is 17.4 Å².